The van der Waals surface area contributed by atoms with Gasteiger partial charge >= 0.3 is 0 Å². The minimum absolute atomic E-state index is 0.132. The lowest BCUT2D eigenvalue weighted by molar-refractivity contribution is 0.521. The molecule has 0 saturated carbocycles. The van der Waals surface area contributed by atoms with Crippen LogP contribution >= 0.6 is 0 Å². The molecule has 1 N–H and O–H groups in total. The molecule has 0 aliphatic heterocycles. The summed E-state index contributed by atoms with van der Waals surface area (Å²) in [6.07, 6.45) is 1.50. The van der Waals surface area contributed by atoms with Gasteiger partial charge in [-0.2, -0.15) is 0 Å². The largest absolute Gasteiger partial charge is 0.361 e. The van der Waals surface area contributed by atoms with Gasteiger partial charge in [-0.25, -0.2) is 12.7 Å². The van der Waals surface area contributed by atoms with Gasteiger partial charge in [-0.15, -0.1) is 0 Å². The van der Waals surface area contributed by atoms with Crippen LogP contribution in [0, 0.1) is 0 Å². The number of aromatic amines is 1. The lowest BCUT2D eigenvalue weighted by atomic mass is 10.2. The van der Waals surface area contributed by atoms with Crippen molar-refractivity contribution in [2.45, 2.75) is 4.90 Å². The first-order valence-electron chi connectivity index (χ1n) is 4.97. The normalized spacial score (nSPS) is 12.2. The van der Waals surface area contributed by atoms with Crippen molar-refractivity contribution in [2.75, 3.05) is 14.1 Å². The molecule has 90 valence electrons. The number of benzene rings is 1. The van der Waals surface area contributed by atoms with Crippen molar-refractivity contribution in [3.63, 3.8) is 0 Å². The summed E-state index contributed by atoms with van der Waals surface area (Å²) in [5.74, 6) is 0. The fraction of sp³-hybridized carbons (Fsp3) is 0.182. The van der Waals surface area contributed by atoms with E-state index >= 15 is 0 Å². The van der Waals surface area contributed by atoms with Gasteiger partial charge in [0.25, 0.3) is 0 Å². The standard InChI is InChI=1S/C11H12N2O3S/c1-13(2)17(15,16)8-3-4-9-10(7-8)12-6-5-11(9)14/h3-7H,1-2H3,(H,12,14). The van der Waals surface area contributed by atoms with Gasteiger partial charge in [-0.05, 0) is 18.2 Å². The van der Waals surface area contributed by atoms with Gasteiger partial charge in [0.2, 0.25) is 10.0 Å². The minimum Gasteiger partial charge on any atom is -0.361 e. The Labute approximate surface area is 98.7 Å². The zero-order chi connectivity index (χ0) is 12.6. The van der Waals surface area contributed by atoms with E-state index in [4.69, 9.17) is 0 Å². The van der Waals surface area contributed by atoms with Crippen molar-refractivity contribution in [3.8, 4) is 0 Å². The Morgan fingerprint density at radius 3 is 2.53 bits per heavy atom. The van der Waals surface area contributed by atoms with Crippen molar-refractivity contribution < 1.29 is 8.42 Å². The molecule has 0 aliphatic carbocycles. The molecule has 0 aliphatic rings. The third kappa shape index (κ3) is 1.96. The smallest absolute Gasteiger partial charge is 0.242 e. The van der Waals surface area contributed by atoms with E-state index in [0.717, 1.165) is 4.31 Å². The number of nitrogens with zero attached hydrogens (tertiary/aromatic N) is 1. The molecule has 1 aromatic heterocycles. The van der Waals surface area contributed by atoms with Crippen LogP contribution in [0.5, 0.6) is 0 Å². The quantitative estimate of drug-likeness (QED) is 0.858. The van der Waals surface area contributed by atoms with Gasteiger partial charge in [0.15, 0.2) is 5.43 Å². The van der Waals surface area contributed by atoms with Crippen molar-refractivity contribution in [2.24, 2.45) is 0 Å². The molecule has 0 bridgehead atoms. The predicted molar refractivity (Wildman–Crippen MR) is 65.4 cm³/mol. The first-order valence-corrected chi connectivity index (χ1v) is 6.41. The van der Waals surface area contributed by atoms with Gasteiger partial charge in [0.1, 0.15) is 0 Å². The van der Waals surface area contributed by atoms with Crippen molar-refractivity contribution in [3.05, 3.63) is 40.7 Å². The van der Waals surface area contributed by atoms with Crippen LogP contribution in [-0.4, -0.2) is 31.8 Å². The molecule has 0 spiro atoms. The highest BCUT2D eigenvalue weighted by Crippen LogP contribution is 2.17. The highest BCUT2D eigenvalue weighted by atomic mass is 32.2. The average molecular weight is 252 g/mol. The lowest BCUT2D eigenvalue weighted by Gasteiger charge is -2.11. The number of aromatic nitrogens is 1. The van der Waals surface area contributed by atoms with Gasteiger partial charge in [0.05, 0.1) is 10.4 Å². The Hall–Kier alpha value is -1.66. The van der Waals surface area contributed by atoms with Crippen LogP contribution in [0.2, 0.25) is 0 Å². The molecule has 0 radical (unpaired) electrons. The van der Waals surface area contributed by atoms with Gasteiger partial charge in [0, 0.05) is 31.7 Å². The van der Waals surface area contributed by atoms with Crippen LogP contribution in [0.25, 0.3) is 10.9 Å². The maximum Gasteiger partial charge on any atom is 0.242 e. The number of pyridine rings is 1. The average Bonchev–Trinajstić information content (AvgIpc) is 2.28. The molecule has 0 unspecified atom stereocenters. The minimum atomic E-state index is -3.47. The zero-order valence-corrected chi connectivity index (χ0v) is 10.3. The maximum absolute atomic E-state index is 11.9. The van der Waals surface area contributed by atoms with E-state index in [-0.39, 0.29) is 10.3 Å². The Bertz CT molecular complexity index is 717. The van der Waals surface area contributed by atoms with E-state index in [0.29, 0.717) is 10.9 Å². The third-order valence-electron chi connectivity index (χ3n) is 2.51. The molecule has 2 aromatic rings. The van der Waals surface area contributed by atoms with E-state index in [1.54, 1.807) is 0 Å². The van der Waals surface area contributed by atoms with Crippen molar-refractivity contribution in [1.82, 2.24) is 9.29 Å². The molecule has 0 amide bonds. The summed E-state index contributed by atoms with van der Waals surface area (Å²) >= 11 is 0. The summed E-state index contributed by atoms with van der Waals surface area (Å²) in [6.45, 7) is 0. The zero-order valence-electron chi connectivity index (χ0n) is 9.47. The molecule has 5 nitrogen and oxygen atoms in total. The fourth-order valence-corrected chi connectivity index (χ4v) is 2.45. The van der Waals surface area contributed by atoms with Crippen molar-refractivity contribution in [1.29, 1.82) is 0 Å². The van der Waals surface area contributed by atoms with E-state index in [2.05, 4.69) is 4.98 Å². The molecule has 6 heteroatoms. The lowest BCUT2D eigenvalue weighted by Crippen LogP contribution is -2.22. The van der Waals surface area contributed by atoms with Crippen molar-refractivity contribution >= 4 is 20.9 Å². The Morgan fingerprint density at radius 1 is 1.18 bits per heavy atom. The van der Waals surface area contributed by atoms with Crippen LogP contribution in [0.4, 0.5) is 0 Å². The molecule has 2 rings (SSSR count). The second-order valence-electron chi connectivity index (χ2n) is 3.84. The number of hydrogen-bond acceptors (Lipinski definition) is 3. The number of nitrogens with one attached hydrogen (secondary N) is 1. The van der Waals surface area contributed by atoms with E-state index in [1.807, 2.05) is 0 Å². The number of H-pyrrole nitrogens is 1. The summed E-state index contributed by atoms with van der Waals surface area (Å²) in [6, 6.07) is 5.83. The van der Waals surface area contributed by atoms with Crippen LogP contribution in [0.1, 0.15) is 0 Å². The SMILES string of the molecule is CN(C)S(=O)(=O)c1ccc2c(=O)cc[nH]c2c1. The topological polar surface area (TPSA) is 70.2 Å². The van der Waals surface area contributed by atoms with Crippen LogP contribution in [0.3, 0.4) is 0 Å². The van der Waals surface area contributed by atoms with E-state index in [1.165, 1.54) is 44.6 Å². The summed E-state index contributed by atoms with van der Waals surface area (Å²) in [4.78, 5) is 14.5. The molecule has 0 saturated heterocycles. The Morgan fingerprint density at radius 2 is 1.88 bits per heavy atom. The van der Waals surface area contributed by atoms with Crippen LogP contribution in [-0.2, 0) is 10.0 Å². The Balaban J connectivity index is 2.73. The maximum atomic E-state index is 11.9. The second kappa shape index (κ2) is 3.97. The third-order valence-corrected chi connectivity index (χ3v) is 4.32. The fourth-order valence-electron chi connectivity index (χ4n) is 1.53. The first-order chi connectivity index (χ1) is 7.93. The predicted octanol–water partition coefficient (Wildman–Crippen LogP) is 0.778. The molecule has 17 heavy (non-hydrogen) atoms. The molecular formula is C11H12N2O3S. The van der Waals surface area contributed by atoms with Gasteiger partial charge in [-0.1, -0.05) is 0 Å². The monoisotopic (exact) mass is 252 g/mol. The number of sulfonamides is 1. The summed E-state index contributed by atoms with van der Waals surface area (Å²) in [5, 5.41) is 0.477. The van der Waals surface area contributed by atoms with Gasteiger partial charge < -0.3 is 4.98 Å². The summed E-state index contributed by atoms with van der Waals surface area (Å²) < 4.78 is 24.9. The van der Waals surface area contributed by atoms with Gasteiger partial charge in [-0.3, -0.25) is 4.79 Å². The van der Waals surface area contributed by atoms with E-state index in [9.17, 15) is 13.2 Å². The number of rotatable bonds is 2. The summed E-state index contributed by atoms with van der Waals surface area (Å²) in [7, 11) is -0.539. The molecule has 1 aromatic carbocycles. The number of fused-ring (bicyclic) bond motifs is 1. The first kappa shape index (κ1) is 11.8. The van der Waals surface area contributed by atoms with E-state index < -0.39 is 10.0 Å². The highest BCUT2D eigenvalue weighted by Gasteiger charge is 2.17. The number of hydrogen-bond donors (Lipinski definition) is 1. The van der Waals surface area contributed by atoms with Crippen LogP contribution in [0.15, 0.2) is 40.2 Å². The second-order valence-corrected chi connectivity index (χ2v) is 5.99. The highest BCUT2D eigenvalue weighted by molar-refractivity contribution is 7.89. The molecule has 0 atom stereocenters. The summed E-state index contributed by atoms with van der Waals surface area (Å²) in [5.41, 5.74) is 0.382. The Kier molecular flexibility index (Phi) is 2.76. The van der Waals surface area contributed by atoms with Crippen LogP contribution < -0.4 is 5.43 Å². The molecule has 1 heterocycles. The molecular weight excluding hydrogens is 240 g/mol. The molecule has 0 fully saturated rings.